The second-order valence-corrected chi connectivity index (χ2v) is 11.9. The summed E-state index contributed by atoms with van der Waals surface area (Å²) < 4.78 is 72.4. The van der Waals surface area contributed by atoms with Gasteiger partial charge in [-0.15, -0.1) is 0 Å². The second kappa shape index (κ2) is 11.0. The van der Waals surface area contributed by atoms with E-state index >= 15 is 8.78 Å². The molecule has 1 N–H and O–H groups in total. The molecule has 2 amide bonds. The summed E-state index contributed by atoms with van der Waals surface area (Å²) in [5.41, 5.74) is -0.0636. The Morgan fingerprint density at radius 2 is 1.67 bits per heavy atom. The molecule has 2 aromatic rings. The van der Waals surface area contributed by atoms with E-state index in [2.05, 4.69) is 0 Å². The predicted octanol–water partition coefficient (Wildman–Crippen LogP) is 4.23. The number of anilines is 2. The Balaban J connectivity index is 1.36. The first-order chi connectivity index (χ1) is 18.2. The van der Waals surface area contributed by atoms with E-state index in [4.69, 9.17) is 14.0 Å². The highest BCUT2D eigenvalue weighted by Crippen LogP contribution is 2.32. The Morgan fingerprint density at radius 1 is 1.08 bits per heavy atom. The molecule has 2 aliphatic heterocycles. The molecule has 0 bridgehead atoms. The van der Waals surface area contributed by atoms with Gasteiger partial charge in [0.05, 0.1) is 17.1 Å². The Labute approximate surface area is 225 Å². The summed E-state index contributed by atoms with van der Waals surface area (Å²) in [5, 5.41) is 0. The van der Waals surface area contributed by atoms with Gasteiger partial charge in [0.1, 0.15) is 17.4 Å². The topological polar surface area (TPSA) is 117 Å². The molecule has 0 saturated carbocycles. The molecule has 2 fully saturated rings. The number of cyclic esters (lactones) is 1. The molecule has 2 aliphatic rings. The summed E-state index contributed by atoms with van der Waals surface area (Å²) >= 11 is 0. The standard InChI is InChI=1S/C26H31F2N3O7S/c1-26(2,3)38-24(32)30-12-10-29(11-13-30)23-21(27)14-18(15-22(23)28)31-16-19(37-25(31)33)7-4-17-5-8-20(9-6-17)39(34,35)36/h5-6,8-9,14-15,19H,4,7,10-13,16H2,1-3H3,(H,34,35,36). The smallest absolute Gasteiger partial charge is 0.414 e. The van der Waals surface area contributed by atoms with Crippen molar-refractivity contribution in [3.8, 4) is 0 Å². The lowest BCUT2D eigenvalue weighted by Crippen LogP contribution is -2.50. The fourth-order valence-electron chi connectivity index (χ4n) is 4.49. The predicted molar refractivity (Wildman–Crippen MR) is 139 cm³/mol. The van der Waals surface area contributed by atoms with Gasteiger partial charge >= 0.3 is 12.2 Å². The molecule has 13 heteroatoms. The lowest BCUT2D eigenvalue weighted by atomic mass is 10.1. The summed E-state index contributed by atoms with van der Waals surface area (Å²) in [6.07, 6.45) is -0.882. The van der Waals surface area contributed by atoms with Crippen molar-refractivity contribution in [2.75, 3.05) is 42.5 Å². The zero-order chi connectivity index (χ0) is 28.5. The molecule has 212 valence electrons. The van der Waals surface area contributed by atoms with Crippen LogP contribution in [0.25, 0.3) is 0 Å². The number of rotatable bonds is 6. The zero-order valence-corrected chi connectivity index (χ0v) is 22.7. The number of nitrogens with zero attached hydrogens (tertiary/aromatic N) is 3. The Bertz CT molecular complexity index is 1320. The first-order valence-corrected chi connectivity index (χ1v) is 13.9. The molecule has 2 heterocycles. The van der Waals surface area contributed by atoms with Crippen LogP contribution in [0.15, 0.2) is 41.3 Å². The van der Waals surface area contributed by atoms with Crippen LogP contribution in [0.3, 0.4) is 0 Å². The number of carbonyl (C=O) groups excluding carboxylic acids is 2. The van der Waals surface area contributed by atoms with E-state index in [0.717, 1.165) is 17.7 Å². The number of aryl methyl sites for hydroxylation is 1. The van der Waals surface area contributed by atoms with Crippen LogP contribution in [-0.2, 0) is 26.0 Å². The third kappa shape index (κ3) is 6.95. The van der Waals surface area contributed by atoms with Crippen molar-refractivity contribution < 1.29 is 40.8 Å². The molecule has 0 aliphatic carbocycles. The maximum Gasteiger partial charge on any atom is 0.414 e. The molecule has 2 saturated heterocycles. The van der Waals surface area contributed by atoms with Crippen LogP contribution in [0, 0.1) is 11.6 Å². The van der Waals surface area contributed by atoms with E-state index in [9.17, 15) is 18.0 Å². The number of hydrogen-bond acceptors (Lipinski definition) is 7. The monoisotopic (exact) mass is 567 g/mol. The van der Waals surface area contributed by atoms with Crippen molar-refractivity contribution in [2.45, 2.75) is 50.2 Å². The average molecular weight is 568 g/mol. The number of carbonyl (C=O) groups is 2. The van der Waals surface area contributed by atoms with E-state index in [1.165, 1.54) is 26.8 Å². The van der Waals surface area contributed by atoms with Gasteiger partial charge in [-0.2, -0.15) is 8.42 Å². The van der Waals surface area contributed by atoms with Crippen molar-refractivity contribution in [3.63, 3.8) is 0 Å². The molecular weight excluding hydrogens is 536 g/mol. The maximum atomic E-state index is 15.1. The van der Waals surface area contributed by atoms with Gasteiger partial charge in [0, 0.05) is 38.3 Å². The third-order valence-electron chi connectivity index (χ3n) is 6.41. The molecule has 10 nitrogen and oxygen atoms in total. The van der Waals surface area contributed by atoms with E-state index in [1.54, 1.807) is 32.9 Å². The van der Waals surface area contributed by atoms with Gasteiger partial charge in [0.2, 0.25) is 0 Å². The van der Waals surface area contributed by atoms with E-state index in [-0.39, 0.29) is 49.0 Å². The number of piperazine rings is 1. The lowest BCUT2D eigenvalue weighted by molar-refractivity contribution is 0.0240. The highest BCUT2D eigenvalue weighted by Gasteiger charge is 2.34. The average Bonchev–Trinajstić information content (AvgIpc) is 3.22. The quantitative estimate of drug-likeness (QED) is 0.516. The number of amides is 2. The first-order valence-electron chi connectivity index (χ1n) is 12.5. The Hall–Kier alpha value is -3.45. The Morgan fingerprint density at radius 3 is 2.21 bits per heavy atom. The minimum absolute atomic E-state index is 0.0335. The van der Waals surface area contributed by atoms with Gasteiger partial charge in [0.25, 0.3) is 10.1 Å². The van der Waals surface area contributed by atoms with Crippen LogP contribution in [0.1, 0.15) is 32.8 Å². The molecule has 0 radical (unpaired) electrons. The second-order valence-electron chi connectivity index (χ2n) is 10.5. The third-order valence-corrected chi connectivity index (χ3v) is 7.28. The minimum atomic E-state index is -4.29. The molecule has 1 atom stereocenters. The van der Waals surface area contributed by atoms with E-state index < -0.39 is 45.6 Å². The zero-order valence-electron chi connectivity index (χ0n) is 21.9. The highest BCUT2D eigenvalue weighted by molar-refractivity contribution is 7.85. The van der Waals surface area contributed by atoms with Crippen molar-refractivity contribution in [3.05, 3.63) is 53.6 Å². The molecule has 2 aromatic carbocycles. The molecule has 1 unspecified atom stereocenters. The number of hydrogen-bond donors (Lipinski definition) is 1. The number of benzene rings is 2. The normalized spacial score (nSPS) is 18.4. The lowest BCUT2D eigenvalue weighted by Gasteiger charge is -2.37. The van der Waals surface area contributed by atoms with E-state index in [1.807, 2.05) is 0 Å². The summed E-state index contributed by atoms with van der Waals surface area (Å²) in [5.74, 6) is -1.66. The SMILES string of the molecule is CC(C)(C)OC(=O)N1CCN(c2c(F)cc(N3CC(CCc4ccc(S(=O)(=O)O)cc4)OC3=O)cc2F)CC1. The molecule has 4 rings (SSSR count). The van der Waals surface area contributed by atoms with Crippen LogP contribution >= 0.6 is 0 Å². The van der Waals surface area contributed by atoms with Crippen molar-refractivity contribution in [1.29, 1.82) is 0 Å². The van der Waals surface area contributed by atoms with Gasteiger partial charge in [-0.1, -0.05) is 12.1 Å². The van der Waals surface area contributed by atoms with Gasteiger partial charge in [0.15, 0.2) is 11.6 Å². The van der Waals surface area contributed by atoms with Crippen LogP contribution < -0.4 is 9.80 Å². The summed E-state index contributed by atoms with van der Waals surface area (Å²) in [6.45, 7) is 6.30. The summed E-state index contributed by atoms with van der Waals surface area (Å²) in [7, 11) is -4.29. The van der Waals surface area contributed by atoms with Crippen molar-refractivity contribution in [1.82, 2.24) is 4.90 Å². The van der Waals surface area contributed by atoms with Gasteiger partial charge < -0.3 is 19.3 Å². The van der Waals surface area contributed by atoms with Crippen LogP contribution in [0.4, 0.5) is 29.7 Å². The van der Waals surface area contributed by atoms with E-state index in [0.29, 0.717) is 12.8 Å². The molecule has 0 aromatic heterocycles. The Kier molecular flexibility index (Phi) is 8.03. The van der Waals surface area contributed by atoms with Gasteiger partial charge in [-0.25, -0.2) is 18.4 Å². The van der Waals surface area contributed by atoms with Gasteiger partial charge in [-0.05, 0) is 51.3 Å². The number of halogens is 2. The largest absolute Gasteiger partial charge is 0.444 e. The highest BCUT2D eigenvalue weighted by atomic mass is 32.2. The summed E-state index contributed by atoms with van der Waals surface area (Å²) in [4.78, 5) is 28.7. The van der Waals surface area contributed by atoms with Crippen LogP contribution in [-0.4, -0.2) is 74.5 Å². The molecule has 39 heavy (non-hydrogen) atoms. The van der Waals surface area contributed by atoms with Crippen molar-refractivity contribution in [2.24, 2.45) is 0 Å². The minimum Gasteiger partial charge on any atom is -0.444 e. The first kappa shape index (κ1) is 28.6. The van der Waals surface area contributed by atoms with Crippen molar-refractivity contribution >= 4 is 33.7 Å². The molecule has 0 spiro atoms. The maximum absolute atomic E-state index is 15.1. The summed E-state index contributed by atoms with van der Waals surface area (Å²) in [6, 6.07) is 7.85. The fraction of sp³-hybridized carbons (Fsp3) is 0.462. The fourth-order valence-corrected chi connectivity index (χ4v) is 4.97. The number of ether oxygens (including phenoxy) is 2. The van der Waals surface area contributed by atoms with Gasteiger partial charge in [-0.3, -0.25) is 9.45 Å². The van der Waals surface area contributed by atoms with Crippen LogP contribution in [0.5, 0.6) is 0 Å². The molecular formula is C26H31F2N3O7S. The van der Waals surface area contributed by atoms with Crippen LogP contribution in [0.2, 0.25) is 0 Å².